The second kappa shape index (κ2) is 6.55. The first-order valence-electron chi connectivity index (χ1n) is 7.03. The molecule has 0 unspecified atom stereocenters. The minimum absolute atomic E-state index is 0.0490. The molecule has 1 fully saturated rings. The lowest BCUT2D eigenvalue weighted by atomic mass is 9.73. The van der Waals surface area contributed by atoms with Gasteiger partial charge in [0.15, 0.2) is 5.90 Å². The molecule has 1 aliphatic carbocycles. The summed E-state index contributed by atoms with van der Waals surface area (Å²) in [5.41, 5.74) is 0.120. The molecule has 0 atom stereocenters. The number of benzene rings is 1. The fourth-order valence-electron chi connectivity index (χ4n) is 2.74. The Morgan fingerprint density at radius 2 is 1.85 bits per heavy atom. The molecular formula is C16H21NO3. The van der Waals surface area contributed by atoms with E-state index in [1.807, 2.05) is 30.3 Å². The SMILES string of the molecule is COC(=O)C1(C(=N)OCc2ccccc2)CCCCC1. The van der Waals surface area contributed by atoms with Gasteiger partial charge in [-0.15, -0.1) is 0 Å². The van der Waals surface area contributed by atoms with E-state index in [4.69, 9.17) is 14.9 Å². The lowest BCUT2D eigenvalue weighted by Crippen LogP contribution is -2.42. The van der Waals surface area contributed by atoms with Crippen LogP contribution in [0.3, 0.4) is 0 Å². The van der Waals surface area contributed by atoms with Crippen molar-refractivity contribution in [1.29, 1.82) is 5.41 Å². The second-order valence-electron chi connectivity index (χ2n) is 5.24. The molecule has 0 saturated heterocycles. The van der Waals surface area contributed by atoms with E-state index in [9.17, 15) is 4.79 Å². The van der Waals surface area contributed by atoms with Crippen LogP contribution in [0.25, 0.3) is 0 Å². The molecule has 1 N–H and O–H groups in total. The molecule has 0 bridgehead atoms. The van der Waals surface area contributed by atoms with Crippen LogP contribution in [0.4, 0.5) is 0 Å². The van der Waals surface area contributed by atoms with Gasteiger partial charge in [-0.25, -0.2) is 0 Å². The Labute approximate surface area is 119 Å². The molecule has 1 aromatic carbocycles. The van der Waals surface area contributed by atoms with E-state index in [-0.39, 0.29) is 11.9 Å². The van der Waals surface area contributed by atoms with Crippen molar-refractivity contribution in [3.8, 4) is 0 Å². The van der Waals surface area contributed by atoms with Crippen LogP contribution in [-0.4, -0.2) is 19.0 Å². The first-order chi connectivity index (χ1) is 9.69. The third-order valence-corrected chi connectivity index (χ3v) is 3.94. The molecular weight excluding hydrogens is 254 g/mol. The van der Waals surface area contributed by atoms with E-state index in [2.05, 4.69) is 0 Å². The Bertz CT molecular complexity index is 464. The van der Waals surface area contributed by atoms with E-state index < -0.39 is 5.41 Å². The maximum atomic E-state index is 12.1. The molecule has 20 heavy (non-hydrogen) atoms. The Balaban J connectivity index is 2.05. The topological polar surface area (TPSA) is 59.4 Å². The highest BCUT2D eigenvalue weighted by molar-refractivity contribution is 6.01. The number of hydrogen-bond acceptors (Lipinski definition) is 4. The summed E-state index contributed by atoms with van der Waals surface area (Å²) < 4.78 is 10.5. The molecule has 2 rings (SSSR count). The van der Waals surface area contributed by atoms with Crippen LogP contribution in [0.5, 0.6) is 0 Å². The average molecular weight is 275 g/mol. The maximum Gasteiger partial charge on any atom is 0.321 e. The largest absolute Gasteiger partial charge is 0.475 e. The van der Waals surface area contributed by atoms with Crippen LogP contribution < -0.4 is 0 Å². The summed E-state index contributed by atoms with van der Waals surface area (Å²) in [6, 6.07) is 9.68. The van der Waals surface area contributed by atoms with Crippen LogP contribution in [0.1, 0.15) is 37.7 Å². The summed E-state index contributed by atoms with van der Waals surface area (Å²) in [4.78, 5) is 12.1. The quantitative estimate of drug-likeness (QED) is 0.521. The summed E-state index contributed by atoms with van der Waals surface area (Å²) in [7, 11) is 1.38. The minimum Gasteiger partial charge on any atom is -0.475 e. The van der Waals surface area contributed by atoms with Crippen molar-refractivity contribution in [3.63, 3.8) is 0 Å². The highest BCUT2D eigenvalue weighted by Crippen LogP contribution is 2.39. The van der Waals surface area contributed by atoms with Crippen LogP contribution in [0, 0.1) is 10.8 Å². The molecule has 108 valence electrons. The third-order valence-electron chi connectivity index (χ3n) is 3.94. The van der Waals surface area contributed by atoms with Gasteiger partial charge in [0, 0.05) is 0 Å². The predicted octanol–water partition coefficient (Wildman–Crippen LogP) is 3.30. The van der Waals surface area contributed by atoms with Gasteiger partial charge in [-0.1, -0.05) is 49.6 Å². The summed E-state index contributed by atoms with van der Waals surface area (Å²) in [6.07, 6.45) is 4.27. The molecule has 4 nitrogen and oxygen atoms in total. The maximum absolute atomic E-state index is 12.1. The number of rotatable bonds is 4. The number of carbonyl (C=O) groups excluding carboxylic acids is 1. The summed E-state index contributed by atoms with van der Waals surface area (Å²) >= 11 is 0. The molecule has 0 aromatic heterocycles. The lowest BCUT2D eigenvalue weighted by molar-refractivity contribution is -0.151. The normalized spacial score (nSPS) is 17.2. The number of ether oxygens (including phenoxy) is 2. The van der Waals surface area contributed by atoms with Gasteiger partial charge in [0.25, 0.3) is 0 Å². The standard InChI is InChI=1S/C16H21NO3/c1-19-15(18)16(10-6-3-7-11-16)14(17)20-12-13-8-4-2-5-9-13/h2,4-5,8-9,17H,3,6-7,10-12H2,1H3. The number of hydrogen-bond donors (Lipinski definition) is 1. The van der Waals surface area contributed by atoms with Gasteiger partial charge in [0.2, 0.25) is 0 Å². The predicted molar refractivity (Wildman–Crippen MR) is 76.5 cm³/mol. The van der Waals surface area contributed by atoms with Crippen LogP contribution >= 0.6 is 0 Å². The first-order valence-corrected chi connectivity index (χ1v) is 7.03. The van der Waals surface area contributed by atoms with E-state index in [1.165, 1.54) is 7.11 Å². The van der Waals surface area contributed by atoms with E-state index in [0.29, 0.717) is 19.4 Å². The van der Waals surface area contributed by atoms with Crippen molar-refractivity contribution < 1.29 is 14.3 Å². The molecule has 4 heteroatoms. The van der Waals surface area contributed by atoms with Crippen LogP contribution in [0.2, 0.25) is 0 Å². The molecule has 1 saturated carbocycles. The zero-order valence-corrected chi connectivity index (χ0v) is 11.9. The zero-order valence-electron chi connectivity index (χ0n) is 11.9. The van der Waals surface area contributed by atoms with Crippen LogP contribution in [-0.2, 0) is 20.9 Å². The molecule has 1 aromatic rings. The van der Waals surface area contributed by atoms with Gasteiger partial charge in [-0.05, 0) is 18.4 Å². The Morgan fingerprint density at radius 3 is 2.45 bits per heavy atom. The van der Waals surface area contributed by atoms with Crippen molar-refractivity contribution in [3.05, 3.63) is 35.9 Å². The average Bonchev–Trinajstić information content (AvgIpc) is 2.53. The van der Waals surface area contributed by atoms with Gasteiger partial charge in [-0.3, -0.25) is 10.2 Å². The first kappa shape index (κ1) is 14.6. The Morgan fingerprint density at radius 1 is 1.20 bits per heavy atom. The Hall–Kier alpha value is -1.84. The number of nitrogens with one attached hydrogen (secondary N) is 1. The molecule has 0 amide bonds. The second-order valence-corrected chi connectivity index (χ2v) is 5.24. The summed E-state index contributed by atoms with van der Waals surface area (Å²) in [6.45, 7) is 0.318. The fourth-order valence-corrected chi connectivity index (χ4v) is 2.74. The molecule has 0 radical (unpaired) electrons. The highest BCUT2D eigenvalue weighted by Gasteiger charge is 2.46. The van der Waals surface area contributed by atoms with Crippen LogP contribution in [0.15, 0.2) is 30.3 Å². The smallest absolute Gasteiger partial charge is 0.321 e. The van der Waals surface area contributed by atoms with Crippen molar-refractivity contribution in [2.24, 2.45) is 5.41 Å². The van der Waals surface area contributed by atoms with Gasteiger partial charge < -0.3 is 9.47 Å². The summed E-state index contributed by atoms with van der Waals surface area (Å²) in [5, 5.41) is 8.19. The van der Waals surface area contributed by atoms with E-state index in [1.54, 1.807) is 0 Å². The molecule has 1 aliphatic rings. The summed E-state index contributed by atoms with van der Waals surface area (Å²) in [5.74, 6) is -0.289. The van der Waals surface area contributed by atoms with Crippen molar-refractivity contribution >= 4 is 11.9 Å². The Kier molecular flexibility index (Phi) is 4.77. The zero-order chi connectivity index (χ0) is 14.4. The number of methoxy groups -OCH3 is 1. The molecule has 0 aliphatic heterocycles. The van der Waals surface area contributed by atoms with E-state index in [0.717, 1.165) is 24.8 Å². The number of esters is 1. The van der Waals surface area contributed by atoms with Gasteiger partial charge in [0.1, 0.15) is 12.0 Å². The fraction of sp³-hybridized carbons (Fsp3) is 0.500. The van der Waals surface area contributed by atoms with Crippen molar-refractivity contribution in [2.45, 2.75) is 38.7 Å². The lowest BCUT2D eigenvalue weighted by Gasteiger charge is -2.34. The molecule has 0 heterocycles. The van der Waals surface area contributed by atoms with Gasteiger partial charge in [0.05, 0.1) is 7.11 Å². The van der Waals surface area contributed by atoms with Crippen molar-refractivity contribution in [1.82, 2.24) is 0 Å². The molecule has 0 spiro atoms. The van der Waals surface area contributed by atoms with Crippen molar-refractivity contribution in [2.75, 3.05) is 7.11 Å². The number of carbonyl (C=O) groups is 1. The van der Waals surface area contributed by atoms with Gasteiger partial charge >= 0.3 is 5.97 Å². The van der Waals surface area contributed by atoms with Gasteiger partial charge in [-0.2, -0.15) is 0 Å². The third kappa shape index (κ3) is 3.00. The van der Waals surface area contributed by atoms with E-state index >= 15 is 0 Å². The minimum atomic E-state index is -0.873. The monoisotopic (exact) mass is 275 g/mol. The highest BCUT2D eigenvalue weighted by atomic mass is 16.5.